The fourth-order valence-corrected chi connectivity index (χ4v) is 3.43. The maximum Gasteiger partial charge on any atom is 0.417 e. The van der Waals surface area contributed by atoms with Crippen LogP contribution in [0.4, 0.5) is 13.2 Å². The minimum atomic E-state index is -4.38. The predicted molar refractivity (Wildman–Crippen MR) is 94.5 cm³/mol. The molecule has 3 nitrogen and oxygen atoms in total. The molecule has 0 unspecified atom stereocenters. The maximum atomic E-state index is 12.5. The summed E-state index contributed by atoms with van der Waals surface area (Å²) in [4.78, 5) is 3.75. The van der Waals surface area contributed by atoms with Crippen LogP contribution in [0.25, 0.3) is 0 Å². The lowest BCUT2D eigenvalue weighted by atomic mass is 9.80. The first kappa shape index (κ1) is 19.0. The first-order chi connectivity index (χ1) is 12.4. The average Bonchev–Trinajstić information content (AvgIpc) is 2.63. The Morgan fingerprint density at radius 2 is 1.92 bits per heavy atom. The second kappa shape index (κ2) is 8.27. The molecular formula is C19H20ClF3N2O. The van der Waals surface area contributed by atoms with Crippen LogP contribution in [0.2, 0.25) is 5.02 Å². The van der Waals surface area contributed by atoms with Gasteiger partial charge in [-0.05, 0) is 55.0 Å². The number of nitrogens with zero attached hydrogens (tertiary/aromatic N) is 1. The van der Waals surface area contributed by atoms with Gasteiger partial charge in [-0.3, -0.25) is 0 Å². The summed E-state index contributed by atoms with van der Waals surface area (Å²) in [6.07, 6.45) is -1.74. The molecule has 1 aliphatic rings. The van der Waals surface area contributed by atoms with Crippen molar-refractivity contribution in [2.75, 3.05) is 19.7 Å². The van der Waals surface area contributed by atoms with Crippen molar-refractivity contribution in [1.82, 2.24) is 10.3 Å². The molecule has 1 aromatic carbocycles. The van der Waals surface area contributed by atoms with E-state index in [4.69, 9.17) is 16.3 Å². The highest BCUT2D eigenvalue weighted by Gasteiger charge is 2.31. The van der Waals surface area contributed by atoms with Gasteiger partial charge in [0.2, 0.25) is 5.88 Å². The lowest BCUT2D eigenvalue weighted by molar-refractivity contribution is -0.137. The van der Waals surface area contributed by atoms with Gasteiger partial charge in [0.1, 0.15) is 0 Å². The van der Waals surface area contributed by atoms with Crippen LogP contribution in [0, 0.1) is 5.92 Å². The van der Waals surface area contributed by atoms with E-state index in [1.165, 1.54) is 11.6 Å². The fraction of sp³-hybridized carbons (Fsp3) is 0.421. The summed E-state index contributed by atoms with van der Waals surface area (Å²) in [5, 5.41) is 4.13. The third-order valence-electron chi connectivity index (χ3n) is 4.73. The molecule has 1 aromatic heterocycles. The van der Waals surface area contributed by atoms with E-state index in [0.29, 0.717) is 23.5 Å². The van der Waals surface area contributed by atoms with E-state index >= 15 is 0 Å². The molecule has 0 bridgehead atoms. The Hall–Kier alpha value is -1.79. The SMILES string of the molecule is FC(F)(F)c1ccc(OCC[C@@H]2CCNC[C@@H]2c2ccc(Cl)cc2)nc1. The zero-order valence-corrected chi connectivity index (χ0v) is 14.9. The average molecular weight is 385 g/mol. The monoisotopic (exact) mass is 384 g/mol. The smallest absolute Gasteiger partial charge is 0.417 e. The van der Waals surface area contributed by atoms with Gasteiger partial charge in [-0.25, -0.2) is 4.98 Å². The Kier molecular flexibility index (Phi) is 6.04. The maximum absolute atomic E-state index is 12.5. The number of rotatable bonds is 5. The van der Waals surface area contributed by atoms with Crippen LogP contribution in [0.5, 0.6) is 5.88 Å². The first-order valence-corrected chi connectivity index (χ1v) is 8.93. The normalized spacial score (nSPS) is 20.8. The largest absolute Gasteiger partial charge is 0.478 e. The zero-order valence-electron chi connectivity index (χ0n) is 14.1. The van der Waals surface area contributed by atoms with Crippen LogP contribution in [0.3, 0.4) is 0 Å². The zero-order chi connectivity index (χ0) is 18.6. The van der Waals surface area contributed by atoms with Crippen molar-refractivity contribution in [1.29, 1.82) is 0 Å². The molecule has 2 heterocycles. The van der Waals surface area contributed by atoms with Gasteiger partial charge >= 0.3 is 6.18 Å². The Balaban J connectivity index is 1.56. The molecule has 2 aromatic rings. The van der Waals surface area contributed by atoms with E-state index in [2.05, 4.69) is 10.3 Å². The molecule has 7 heteroatoms. The Morgan fingerprint density at radius 1 is 1.15 bits per heavy atom. The number of nitrogens with one attached hydrogen (secondary N) is 1. The number of hydrogen-bond acceptors (Lipinski definition) is 3. The Morgan fingerprint density at radius 3 is 2.58 bits per heavy atom. The van der Waals surface area contributed by atoms with Crippen LogP contribution in [-0.2, 0) is 6.18 Å². The third kappa shape index (κ3) is 4.89. The molecule has 1 N–H and O–H groups in total. The van der Waals surface area contributed by atoms with Gasteiger partial charge in [-0.2, -0.15) is 13.2 Å². The summed E-state index contributed by atoms with van der Waals surface area (Å²) in [6, 6.07) is 10.1. The van der Waals surface area contributed by atoms with E-state index in [1.54, 1.807) is 0 Å². The van der Waals surface area contributed by atoms with Crippen molar-refractivity contribution in [3.8, 4) is 5.88 Å². The lowest BCUT2D eigenvalue weighted by Crippen LogP contribution is -2.35. The second-order valence-electron chi connectivity index (χ2n) is 6.43. The van der Waals surface area contributed by atoms with E-state index in [-0.39, 0.29) is 5.88 Å². The summed E-state index contributed by atoms with van der Waals surface area (Å²) in [5.74, 6) is 1.02. The number of ether oxygens (including phenoxy) is 1. The molecule has 1 saturated heterocycles. The summed E-state index contributed by atoms with van der Waals surface area (Å²) in [6.45, 7) is 2.27. The van der Waals surface area contributed by atoms with Crippen LogP contribution >= 0.6 is 11.6 Å². The minimum Gasteiger partial charge on any atom is -0.478 e. The standard InChI is InChI=1S/C19H20ClF3N2O/c20-16-4-1-13(2-5-16)17-12-24-9-7-14(17)8-10-26-18-6-3-15(11-25-18)19(21,22)23/h1-6,11,14,17,24H,7-10,12H2/t14-,17+/m0/s1. The van der Waals surface area contributed by atoms with Crippen LogP contribution in [0.1, 0.15) is 29.9 Å². The van der Waals surface area contributed by atoms with Gasteiger partial charge in [0.15, 0.2) is 0 Å². The number of pyridine rings is 1. The number of piperidine rings is 1. The number of alkyl halides is 3. The van der Waals surface area contributed by atoms with Gasteiger partial charge in [0.05, 0.1) is 12.2 Å². The van der Waals surface area contributed by atoms with Gasteiger partial charge in [0.25, 0.3) is 0 Å². The van der Waals surface area contributed by atoms with Crippen LogP contribution in [-0.4, -0.2) is 24.7 Å². The van der Waals surface area contributed by atoms with E-state index in [9.17, 15) is 13.2 Å². The molecule has 2 atom stereocenters. The van der Waals surface area contributed by atoms with Crippen molar-refractivity contribution in [2.45, 2.75) is 24.9 Å². The van der Waals surface area contributed by atoms with Gasteiger partial charge in [-0.1, -0.05) is 23.7 Å². The van der Waals surface area contributed by atoms with Crippen LogP contribution in [0.15, 0.2) is 42.6 Å². The van der Waals surface area contributed by atoms with Crippen molar-refractivity contribution in [3.05, 3.63) is 58.7 Å². The van der Waals surface area contributed by atoms with Crippen LogP contribution < -0.4 is 10.1 Å². The highest BCUT2D eigenvalue weighted by atomic mass is 35.5. The highest BCUT2D eigenvalue weighted by molar-refractivity contribution is 6.30. The van der Waals surface area contributed by atoms with Gasteiger partial charge in [0, 0.05) is 23.8 Å². The molecule has 26 heavy (non-hydrogen) atoms. The highest BCUT2D eigenvalue weighted by Crippen LogP contribution is 2.33. The van der Waals surface area contributed by atoms with Gasteiger partial charge in [-0.15, -0.1) is 0 Å². The summed E-state index contributed by atoms with van der Waals surface area (Å²) >= 11 is 5.96. The number of benzene rings is 1. The quantitative estimate of drug-likeness (QED) is 0.794. The minimum absolute atomic E-state index is 0.218. The molecule has 0 spiro atoms. The summed E-state index contributed by atoms with van der Waals surface area (Å²) in [7, 11) is 0. The topological polar surface area (TPSA) is 34.1 Å². The van der Waals surface area contributed by atoms with E-state index < -0.39 is 11.7 Å². The van der Waals surface area contributed by atoms with Crippen molar-refractivity contribution in [2.24, 2.45) is 5.92 Å². The molecule has 0 amide bonds. The molecular weight excluding hydrogens is 365 g/mol. The Bertz CT molecular complexity index is 704. The van der Waals surface area contributed by atoms with Crippen molar-refractivity contribution < 1.29 is 17.9 Å². The Labute approximate surface area is 155 Å². The fourth-order valence-electron chi connectivity index (χ4n) is 3.31. The van der Waals surface area contributed by atoms with Gasteiger partial charge < -0.3 is 10.1 Å². The second-order valence-corrected chi connectivity index (χ2v) is 6.87. The summed E-state index contributed by atoms with van der Waals surface area (Å²) in [5.41, 5.74) is 0.463. The molecule has 3 rings (SSSR count). The lowest BCUT2D eigenvalue weighted by Gasteiger charge is -2.32. The first-order valence-electron chi connectivity index (χ1n) is 8.56. The molecule has 140 valence electrons. The number of halogens is 4. The third-order valence-corrected chi connectivity index (χ3v) is 4.98. The molecule has 0 aliphatic carbocycles. The molecule has 1 aliphatic heterocycles. The molecule has 0 radical (unpaired) electrons. The molecule has 1 fully saturated rings. The number of hydrogen-bond donors (Lipinski definition) is 1. The van der Waals surface area contributed by atoms with Crippen molar-refractivity contribution in [3.63, 3.8) is 0 Å². The summed E-state index contributed by atoms with van der Waals surface area (Å²) < 4.78 is 43.2. The van der Waals surface area contributed by atoms with E-state index in [1.807, 2.05) is 24.3 Å². The van der Waals surface area contributed by atoms with E-state index in [0.717, 1.165) is 38.2 Å². The molecule has 0 saturated carbocycles. The number of aromatic nitrogens is 1. The van der Waals surface area contributed by atoms with Crippen molar-refractivity contribution >= 4 is 11.6 Å². The predicted octanol–water partition coefficient (Wildman–Crippen LogP) is 4.92.